The van der Waals surface area contributed by atoms with Crippen molar-refractivity contribution in [1.29, 1.82) is 0 Å². The van der Waals surface area contributed by atoms with Crippen molar-refractivity contribution in [1.82, 2.24) is 0 Å². The Labute approximate surface area is 125 Å². The molecule has 1 heterocycles. The Morgan fingerprint density at radius 3 is 2.68 bits per heavy atom. The number of hydrogen-bond donors (Lipinski definition) is 0. The van der Waals surface area contributed by atoms with E-state index in [1.54, 1.807) is 6.20 Å². The lowest BCUT2D eigenvalue weighted by atomic mass is 10.0. The van der Waals surface area contributed by atoms with E-state index >= 15 is 0 Å². The van der Waals surface area contributed by atoms with Crippen LogP contribution in [0.25, 0.3) is 22.0 Å². The van der Waals surface area contributed by atoms with Crippen LogP contribution in [0.4, 0.5) is 0 Å². The molecule has 0 fully saturated rings. The van der Waals surface area contributed by atoms with Crippen molar-refractivity contribution < 1.29 is 4.73 Å². The van der Waals surface area contributed by atoms with Gasteiger partial charge in [0.05, 0.1) is 10.9 Å². The van der Waals surface area contributed by atoms with Crippen LogP contribution in [0.3, 0.4) is 0 Å². The highest BCUT2D eigenvalue weighted by atomic mass is 127. The first kappa shape index (κ1) is 12.4. The molecular weight excluding hydrogens is 349 g/mol. The lowest BCUT2D eigenvalue weighted by Crippen LogP contribution is -2.28. The van der Waals surface area contributed by atoms with Crippen LogP contribution < -0.4 is 4.73 Å². The van der Waals surface area contributed by atoms with E-state index in [4.69, 9.17) is 0 Å². The molecule has 0 amide bonds. The van der Waals surface area contributed by atoms with E-state index < -0.39 is 0 Å². The monoisotopic (exact) mass is 361 g/mol. The smallest absolute Gasteiger partial charge is 0.232 e. The van der Waals surface area contributed by atoms with Crippen molar-refractivity contribution in [2.75, 3.05) is 0 Å². The summed E-state index contributed by atoms with van der Waals surface area (Å²) in [6.07, 6.45) is 1.58. The van der Waals surface area contributed by atoms with Gasteiger partial charge in [0.15, 0.2) is 6.20 Å². The zero-order valence-corrected chi connectivity index (χ0v) is 12.6. The zero-order chi connectivity index (χ0) is 13.4. The summed E-state index contributed by atoms with van der Waals surface area (Å²) in [5.74, 6) is 0. The molecule has 0 saturated carbocycles. The molecule has 0 N–H and O–H groups in total. The van der Waals surface area contributed by atoms with E-state index in [0.717, 1.165) is 35.9 Å². The van der Waals surface area contributed by atoms with Crippen molar-refractivity contribution in [3.05, 3.63) is 69.1 Å². The normalized spacial score (nSPS) is 10.8. The summed E-state index contributed by atoms with van der Waals surface area (Å²) >= 11 is 2.28. The quantitative estimate of drug-likeness (QED) is 0.365. The highest BCUT2D eigenvalue weighted by Crippen LogP contribution is 2.29. The van der Waals surface area contributed by atoms with Crippen LogP contribution in [0, 0.1) is 15.7 Å². The Bertz CT molecular complexity index is 768. The third kappa shape index (κ3) is 2.18. The fourth-order valence-corrected chi connectivity index (χ4v) is 2.87. The van der Waals surface area contributed by atoms with E-state index in [2.05, 4.69) is 34.7 Å². The molecule has 3 rings (SSSR count). The van der Waals surface area contributed by atoms with Crippen LogP contribution in [0.5, 0.6) is 0 Å². The largest absolute Gasteiger partial charge is 0.618 e. The highest BCUT2D eigenvalue weighted by molar-refractivity contribution is 14.1. The topological polar surface area (TPSA) is 26.9 Å². The van der Waals surface area contributed by atoms with Gasteiger partial charge in [-0.3, -0.25) is 0 Å². The predicted molar refractivity (Wildman–Crippen MR) is 85.8 cm³/mol. The summed E-state index contributed by atoms with van der Waals surface area (Å²) in [7, 11) is 0. The second kappa shape index (κ2) is 4.81. The lowest BCUT2D eigenvalue weighted by Gasteiger charge is -2.10. The molecule has 0 saturated heterocycles. The van der Waals surface area contributed by atoms with Gasteiger partial charge in [0.25, 0.3) is 0 Å². The number of halogens is 1. The third-order valence-electron chi connectivity index (χ3n) is 3.20. The van der Waals surface area contributed by atoms with E-state index in [1.165, 1.54) is 0 Å². The highest BCUT2D eigenvalue weighted by Gasteiger charge is 2.16. The van der Waals surface area contributed by atoms with Gasteiger partial charge in [0.1, 0.15) is 0 Å². The van der Waals surface area contributed by atoms with Crippen LogP contribution in [-0.4, -0.2) is 0 Å². The number of hydrogen-bond acceptors (Lipinski definition) is 1. The van der Waals surface area contributed by atoms with Crippen molar-refractivity contribution in [3.8, 4) is 11.3 Å². The Hall–Kier alpha value is -1.62. The van der Waals surface area contributed by atoms with Crippen LogP contribution >= 0.6 is 22.6 Å². The van der Waals surface area contributed by atoms with Crippen molar-refractivity contribution >= 4 is 33.4 Å². The molecular formula is C16H12INO. The molecule has 3 aromatic rings. The number of aromatic nitrogens is 1. The van der Waals surface area contributed by atoms with Gasteiger partial charge in [-0.05, 0) is 53.1 Å². The maximum Gasteiger partial charge on any atom is 0.232 e. The lowest BCUT2D eigenvalue weighted by molar-refractivity contribution is -0.592. The zero-order valence-electron chi connectivity index (χ0n) is 10.4. The molecule has 0 spiro atoms. The summed E-state index contributed by atoms with van der Waals surface area (Å²) in [5, 5.41) is 14.3. The van der Waals surface area contributed by atoms with E-state index in [9.17, 15) is 5.21 Å². The minimum absolute atomic E-state index is 0.728. The third-order valence-corrected chi connectivity index (χ3v) is 4.14. The van der Waals surface area contributed by atoms with Crippen LogP contribution in [0.1, 0.15) is 5.56 Å². The maximum absolute atomic E-state index is 12.2. The molecule has 19 heavy (non-hydrogen) atoms. The average molecular weight is 361 g/mol. The number of benzene rings is 2. The Balaban J connectivity index is 2.41. The molecule has 1 aromatic heterocycles. The second-order valence-corrected chi connectivity index (χ2v) is 5.72. The van der Waals surface area contributed by atoms with Crippen molar-refractivity contribution in [2.45, 2.75) is 6.92 Å². The predicted octanol–water partition coefficient (Wildman–Crippen LogP) is 4.05. The Kier molecular flexibility index (Phi) is 3.14. The van der Waals surface area contributed by atoms with Gasteiger partial charge in [-0.15, -0.1) is 0 Å². The van der Waals surface area contributed by atoms with Gasteiger partial charge < -0.3 is 5.21 Å². The fourth-order valence-electron chi connectivity index (χ4n) is 2.28. The average Bonchev–Trinajstić information content (AvgIpc) is 2.42. The van der Waals surface area contributed by atoms with Gasteiger partial charge in [-0.1, -0.05) is 29.8 Å². The van der Waals surface area contributed by atoms with Crippen molar-refractivity contribution in [2.24, 2.45) is 0 Å². The first-order chi connectivity index (χ1) is 9.16. The molecule has 94 valence electrons. The van der Waals surface area contributed by atoms with Crippen molar-refractivity contribution in [3.63, 3.8) is 0 Å². The van der Waals surface area contributed by atoms with Gasteiger partial charge in [0, 0.05) is 9.64 Å². The van der Waals surface area contributed by atoms with Gasteiger partial charge in [-0.2, -0.15) is 4.73 Å². The van der Waals surface area contributed by atoms with E-state index in [0.29, 0.717) is 0 Å². The molecule has 2 aromatic carbocycles. The molecule has 2 nitrogen and oxygen atoms in total. The summed E-state index contributed by atoms with van der Waals surface area (Å²) in [6, 6.07) is 16.0. The Morgan fingerprint density at radius 2 is 1.84 bits per heavy atom. The first-order valence-corrected chi connectivity index (χ1v) is 7.12. The van der Waals surface area contributed by atoms with Crippen LogP contribution in [0.15, 0.2) is 54.7 Å². The molecule has 0 radical (unpaired) electrons. The first-order valence-electron chi connectivity index (χ1n) is 6.04. The maximum atomic E-state index is 12.2. The van der Waals surface area contributed by atoms with Gasteiger partial charge in [0.2, 0.25) is 5.69 Å². The number of fused-ring (bicyclic) bond motifs is 1. The minimum Gasteiger partial charge on any atom is -0.618 e. The van der Waals surface area contributed by atoms with E-state index in [1.807, 2.05) is 43.3 Å². The second-order valence-electron chi connectivity index (χ2n) is 4.56. The fraction of sp³-hybridized carbons (Fsp3) is 0.0625. The van der Waals surface area contributed by atoms with Crippen LogP contribution in [-0.2, 0) is 0 Å². The minimum atomic E-state index is 0.728. The molecule has 0 unspecified atom stereocenters. The number of aryl methyl sites for hydroxylation is 1. The number of pyridine rings is 1. The summed E-state index contributed by atoms with van der Waals surface area (Å²) in [6.45, 7) is 2.04. The number of nitrogens with zero attached hydrogens (tertiary/aromatic N) is 1. The van der Waals surface area contributed by atoms with Crippen LogP contribution in [0.2, 0.25) is 0 Å². The molecule has 0 aliphatic carbocycles. The standard InChI is InChI=1S/C16H12INO/c1-11-6-7-15(17)14(10-11)16-13-5-3-2-4-12(13)8-9-18(16)19/h2-10H,1H3. The SMILES string of the molecule is Cc1ccc(I)c(-c2c3ccccc3cc[n+]2[O-])c1. The Morgan fingerprint density at radius 1 is 1.05 bits per heavy atom. The molecule has 0 atom stereocenters. The summed E-state index contributed by atoms with van der Waals surface area (Å²) in [4.78, 5) is 0. The number of rotatable bonds is 1. The van der Waals surface area contributed by atoms with Gasteiger partial charge >= 0.3 is 0 Å². The van der Waals surface area contributed by atoms with Gasteiger partial charge in [-0.25, -0.2) is 0 Å². The summed E-state index contributed by atoms with van der Waals surface area (Å²) < 4.78 is 2.04. The molecule has 0 aliphatic rings. The molecule has 0 bridgehead atoms. The summed E-state index contributed by atoms with van der Waals surface area (Å²) in [5.41, 5.74) is 2.88. The molecule has 3 heteroatoms. The van der Waals surface area contributed by atoms with E-state index in [-0.39, 0.29) is 0 Å². The molecule has 0 aliphatic heterocycles.